The van der Waals surface area contributed by atoms with Gasteiger partial charge in [0.2, 0.25) is 0 Å². The Morgan fingerprint density at radius 3 is 2.09 bits per heavy atom. The first-order valence-corrected chi connectivity index (χ1v) is 20.8. The molecule has 3 fully saturated rings. The van der Waals surface area contributed by atoms with Crippen LogP contribution in [0.3, 0.4) is 0 Å². The minimum absolute atomic E-state index is 0.133. The molecule has 0 saturated carbocycles. The Bertz CT molecular complexity index is 1250. The molecule has 3 heterocycles. The highest BCUT2D eigenvalue weighted by Crippen LogP contribution is 2.40. The summed E-state index contributed by atoms with van der Waals surface area (Å²) in [5.74, 6) is -2.58. The Balaban J connectivity index is 0.00000258. The van der Waals surface area contributed by atoms with E-state index in [-0.39, 0.29) is 37.3 Å². The molecular weight excluding hydrogens is 754 g/mol. The summed E-state index contributed by atoms with van der Waals surface area (Å²) in [6.07, 6.45) is -8.19. The number of nitrogens with zero attached hydrogens (tertiary/aromatic N) is 2. The molecule has 0 aromatic rings. The average molecular weight is 829 g/mol. The van der Waals surface area contributed by atoms with Crippen LogP contribution in [0.15, 0.2) is 0 Å². The highest BCUT2D eigenvalue weighted by Gasteiger charge is 2.52. The van der Waals surface area contributed by atoms with Crippen molar-refractivity contribution >= 4 is 17.2 Å². The summed E-state index contributed by atoms with van der Waals surface area (Å²) in [6, 6.07) is -0.808. The van der Waals surface area contributed by atoms with Crippen molar-refractivity contribution < 1.29 is 67.5 Å². The van der Waals surface area contributed by atoms with Gasteiger partial charge in [-0.25, -0.2) is 0 Å². The van der Waals surface area contributed by atoms with E-state index in [0.717, 1.165) is 0 Å². The molecule has 0 aromatic carbocycles. The molecule has 19 atom stereocenters. The zero-order valence-corrected chi connectivity index (χ0v) is 36.8. The van der Waals surface area contributed by atoms with Crippen LogP contribution in [0.2, 0.25) is 0 Å². The van der Waals surface area contributed by atoms with E-state index in [1.165, 1.54) is 14.0 Å². The van der Waals surface area contributed by atoms with Gasteiger partial charge in [-0.05, 0) is 94.8 Å². The van der Waals surface area contributed by atoms with Crippen molar-refractivity contribution in [2.24, 2.45) is 22.9 Å². The number of likely N-dealkylation sites (N-methyl/N-ethyl adjacent to an activating group) is 2. The zero-order chi connectivity index (χ0) is 43.2. The van der Waals surface area contributed by atoms with Crippen LogP contribution in [0.1, 0.15) is 94.9 Å². The fourth-order valence-corrected chi connectivity index (χ4v) is 8.74. The molecule has 0 aliphatic carbocycles. The van der Waals surface area contributed by atoms with E-state index in [0.29, 0.717) is 13.0 Å². The van der Waals surface area contributed by atoms with Gasteiger partial charge in [-0.3, -0.25) is 14.1 Å². The van der Waals surface area contributed by atoms with E-state index in [2.05, 4.69) is 5.14 Å². The highest BCUT2D eigenvalue weighted by atomic mass is 32.2. The van der Waals surface area contributed by atoms with Gasteiger partial charge in [0.15, 0.2) is 12.6 Å². The fraction of sp³-hybridized carbons (Fsp3) is 0.974. The molecule has 3 rings (SSSR count). The SMILES string of the molecule is CC[C@H]1OC(=O)[C@H](C)[C@@H](O[C@H]2C[C@@](C)(OC)[C@@H](O)[C@H](C)O2)[C@H](C)[C@@H](O[C@@H]2O[C@H](C)C[C@H](N(C)C)[C@H]2O)[C@](C)(O)C[C@@H](C)CN(C)[C@H](C)[C@@H](O)[C@]1(C)O.NS(=O)[O-]. The lowest BCUT2D eigenvalue weighted by molar-refractivity contribution is -0.318. The van der Waals surface area contributed by atoms with E-state index < -0.39 is 107 Å². The second kappa shape index (κ2) is 21.0. The molecule has 0 bridgehead atoms. The standard InChI is InChI=1S/C38H72N2O12.H3NO2S/c1-15-27-38(10,46)31(42)24(6)40(13)19-20(2)17-36(8,45)33(52-35-29(41)26(39(11)12)16-21(3)48-35)22(4)30(23(5)34(44)50-27)51-28-18-37(9,47-14)32(43)25(7)49-28;1-4(2)3/h20-33,35,41-43,45-46H,15-19H2,1-14H3;1H2,(H,2,3)/p-1/t20-,21-,22+,23-,24-,25+,26+,27-,28+,29-,30+,31-,32+,33-,35+,36-,37-,38-;/m1./s1. The van der Waals surface area contributed by atoms with Gasteiger partial charge in [0.1, 0.15) is 30.0 Å². The van der Waals surface area contributed by atoms with Gasteiger partial charge in [0.25, 0.3) is 0 Å². The Morgan fingerprint density at radius 2 is 1.57 bits per heavy atom. The summed E-state index contributed by atoms with van der Waals surface area (Å²) in [5, 5.41) is 62.2. The number of cyclic esters (lactones) is 1. The molecule has 3 aliphatic rings. The van der Waals surface area contributed by atoms with Crippen LogP contribution in [-0.2, 0) is 44.5 Å². The third-order valence-electron chi connectivity index (χ3n) is 12.2. The van der Waals surface area contributed by atoms with Crippen LogP contribution in [0.5, 0.6) is 0 Å². The Hall–Kier alpha value is -0.940. The molecule has 332 valence electrons. The molecule has 7 N–H and O–H groups in total. The van der Waals surface area contributed by atoms with Crippen LogP contribution in [-0.4, -0.2) is 175 Å². The predicted molar refractivity (Wildman–Crippen MR) is 207 cm³/mol. The number of carbonyl (C=O) groups is 1. The van der Waals surface area contributed by atoms with Crippen LogP contribution in [0.25, 0.3) is 0 Å². The van der Waals surface area contributed by atoms with Crippen molar-refractivity contribution in [1.29, 1.82) is 0 Å². The number of aliphatic hydroxyl groups excluding tert-OH is 3. The first-order valence-electron chi connectivity index (χ1n) is 19.7. The number of rotatable bonds is 7. The van der Waals surface area contributed by atoms with Crippen LogP contribution >= 0.6 is 0 Å². The van der Waals surface area contributed by atoms with E-state index in [9.17, 15) is 30.3 Å². The van der Waals surface area contributed by atoms with Crippen molar-refractivity contribution in [3.8, 4) is 0 Å². The first-order chi connectivity index (χ1) is 25.6. The number of hydrogen-bond acceptors (Lipinski definition) is 16. The van der Waals surface area contributed by atoms with E-state index in [4.69, 9.17) is 37.2 Å². The van der Waals surface area contributed by atoms with Crippen molar-refractivity contribution in [2.45, 2.75) is 185 Å². The Morgan fingerprint density at radius 1 is 1.00 bits per heavy atom. The summed E-state index contributed by atoms with van der Waals surface area (Å²) in [4.78, 5) is 18.0. The first kappa shape index (κ1) is 51.2. The maximum atomic E-state index is 14.2. The van der Waals surface area contributed by atoms with Crippen molar-refractivity contribution in [3.63, 3.8) is 0 Å². The number of nitrogens with two attached hydrogens (primary N) is 1. The highest BCUT2D eigenvalue weighted by molar-refractivity contribution is 7.76. The number of carbonyl (C=O) groups excluding carboxylic acids is 1. The quantitative estimate of drug-likeness (QED) is 0.152. The lowest BCUT2D eigenvalue weighted by atomic mass is 9.77. The number of methoxy groups -OCH3 is 1. The summed E-state index contributed by atoms with van der Waals surface area (Å²) in [7, 11) is 7.12. The van der Waals surface area contributed by atoms with E-state index >= 15 is 0 Å². The van der Waals surface area contributed by atoms with Crippen LogP contribution < -0.4 is 5.14 Å². The van der Waals surface area contributed by atoms with Gasteiger partial charge in [-0.2, -0.15) is 0 Å². The van der Waals surface area contributed by atoms with E-state index in [1.54, 1.807) is 41.5 Å². The lowest BCUT2D eigenvalue weighted by Crippen LogP contribution is -2.60. The molecular formula is C38H74N3O14S-. The normalized spacial score (nSPS) is 47.2. The predicted octanol–water partition coefficient (Wildman–Crippen LogP) is 0.640. The summed E-state index contributed by atoms with van der Waals surface area (Å²) in [5.41, 5.74) is -4.37. The summed E-state index contributed by atoms with van der Waals surface area (Å²) in [6.45, 7) is 18.0. The van der Waals surface area contributed by atoms with Crippen molar-refractivity contribution in [2.75, 3.05) is 34.8 Å². The molecule has 0 spiro atoms. The van der Waals surface area contributed by atoms with Crippen molar-refractivity contribution in [3.05, 3.63) is 0 Å². The maximum Gasteiger partial charge on any atom is 0.311 e. The minimum Gasteiger partial charge on any atom is -0.760 e. The molecule has 0 aromatic heterocycles. The molecule has 56 heavy (non-hydrogen) atoms. The van der Waals surface area contributed by atoms with E-state index in [1.807, 2.05) is 51.7 Å². The monoisotopic (exact) mass is 828 g/mol. The van der Waals surface area contributed by atoms with Gasteiger partial charge in [0.05, 0.1) is 41.5 Å². The lowest BCUT2D eigenvalue weighted by Gasteiger charge is -2.48. The molecule has 17 nitrogen and oxygen atoms in total. The van der Waals surface area contributed by atoms with Gasteiger partial charge < -0.3 is 68.3 Å². The van der Waals surface area contributed by atoms with Crippen molar-refractivity contribution in [1.82, 2.24) is 9.80 Å². The number of aliphatic hydroxyl groups is 5. The zero-order valence-electron chi connectivity index (χ0n) is 36.0. The number of esters is 1. The largest absolute Gasteiger partial charge is 0.760 e. The van der Waals surface area contributed by atoms with Crippen LogP contribution in [0.4, 0.5) is 0 Å². The summed E-state index contributed by atoms with van der Waals surface area (Å²) < 4.78 is 55.1. The van der Waals surface area contributed by atoms with Gasteiger partial charge >= 0.3 is 5.97 Å². The van der Waals surface area contributed by atoms with Crippen LogP contribution in [0, 0.1) is 17.8 Å². The fourth-order valence-electron chi connectivity index (χ4n) is 8.74. The smallest absolute Gasteiger partial charge is 0.311 e. The number of ether oxygens (including phenoxy) is 6. The third kappa shape index (κ3) is 12.8. The molecule has 0 amide bonds. The minimum atomic E-state index is -2.36. The molecule has 0 radical (unpaired) electrons. The molecule has 18 heteroatoms. The maximum absolute atomic E-state index is 14.2. The third-order valence-corrected chi connectivity index (χ3v) is 12.2. The second-order valence-electron chi connectivity index (χ2n) is 17.4. The van der Waals surface area contributed by atoms with Gasteiger partial charge in [0, 0.05) is 49.3 Å². The molecule has 3 saturated heterocycles. The molecule has 3 aliphatic heterocycles. The van der Waals surface area contributed by atoms with Gasteiger partial charge in [-0.15, -0.1) is 0 Å². The topological polar surface area (TPSA) is 246 Å². The number of hydrogen-bond donors (Lipinski definition) is 6. The second-order valence-corrected chi connectivity index (χ2v) is 17.9. The Labute approximate surface area is 336 Å². The Kier molecular flexibility index (Phi) is 19.2. The summed E-state index contributed by atoms with van der Waals surface area (Å²) >= 11 is -2.36. The molecule has 1 unspecified atom stereocenters. The van der Waals surface area contributed by atoms with Gasteiger partial charge in [-0.1, -0.05) is 20.8 Å². The average Bonchev–Trinajstić information content (AvgIpc) is 3.09.